The summed E-state index contributed by atoms with van der Waals surface area (Å²) in [6.45, 7) is 3.10. The molecule has 30 heavy (non-hydrogen) atoms. The van der Waals surface area contributed by atoms with Gasteiger partial charge in [-0.25, -0.2) is 9.97 Å². The number of carbonyl (C=O) groups excluding carboxylic acids is 1. The van der Waals surface area contributed by atoms with Crippen LogP contribution in [-0.2, 0) is 31.2 Å². The molecule has 0 spiro atoms. The van der Waals surface area contributed by atoms with Crippen molar-refractivity contribution in [1.82, 2.24) is 24.8 Å². The monoisotopic (exact) mass is 441 g/mol. The Hall–Kier alpha value is -2.83. The van der Waals surface area contributed by atoms with Crippen LogP contribution in [0.25, 0.3) is 0 Å². The van der Waals surface area contributed by atoms with Crippen molar-refractivity contribution < 1.29 is 29.3 Å². The minimum Gasteiger partial charge on any atom is -0.483 e. The minimum absolute atomic E-state index is 0.0476. The molecule has 0 aliphatic carbocycles. The Morgan fingerprint density at radius 3 is 2.47 bits per heavy atom. The number of piperidine rings is 1. The van der Waals surface area contributed by atoms with Crippen LogP contribution in [-0.4, -0.2) is 81.9 Å². The Balaban J connectivity index is 0.000000672. The average molecular weight is 442 g/mol. The highest BCUT2D eigenvalue weighted by Gasteiger charge is 2.42. The lowest BCUT2D eigenvalue weighted by molar-refractivity contribution is -0.133. The predicted octanol–water partition coefficient (Wildman–Crippen LogP) is 0.495. The Labute approximate surface area is 178 Å². The van der Waals surface area contributed by atoms with E-state index in [-0.39, 0.29) is 18.9 Å². The number of rotatable bonds is 7. The predicted molar refractivity (Wildman–Crippen MR) is 109 cm³/mol. The van der Waals surface area contributed by atoms with Crippen LogP contribution >= 0.6 is 11.3 Å². The van der Waals surface area contributed by atoms with E-state index in [1.54, 1.807) is 31.0 Å². The fourth-order valence-electron chi connectivity index (χ4n) is 3.15. The molecule has 1 amide bonds. The summed E-state index contributed by atoms with van der Waals surface area (Å²) in [5, 5.41) is 19.9. The molecule has 1 aliphatic rings. The van der Waals surface area contributed by atoms with Gasteiger partial charge in [0.25, 0.3) is 12.9 Å². The molecule has 3 N–H and O–H groups in total. The van der Waals surface area contributed by atoms with Crippen LogP contribution in [0.15, 0.2) is 30.3 Å². The summed E-state index contributed by atoms with van der Waals surface area (Å²) in [6.07, 6.45) is 8.70. The molecule has 3 rings (SSSR count). The van der Waals surface area contributed by atoms with Gasteiger partial charge in [-0.3, -0.25) is 19.3 Å². The number of methoxy groups -OCH3 is 1. The van der Waals surface area contributed by atoms with Gasteiger partial charge in [-0.05, 0) is 12.8 Å². The topological polar surface area (TPSA) is 147 Å². The molecule has 0 atom stereocenters. The molecule has 2 aromatic heterocycles. The SMILES string of the molecule is COCCNC(=O)C1(n2ccnc2)CCN(Cc2nccs2)CC1.O=CO.O=CO. The summed E-state index contributed by atoms with van der Waals surface area (Å²) in [6, 6.07) is 0. The van der Waals surface area contributed by atoms with Gasteiger partial charge in [0.05, 0.1) is 19.5 Å². The van der Waals surface area contributed by atoms with Crippen molar-refractivity contribution in [2.75, 3.05) is 33.4 Å². The lowest BCUT2D eigenvalue weighted by Crippen LogP contribution is -2.55. The third-order valence-electron chi connectivity index (χ3n) is 4.54. The zero-order valence-electron chi connectivity index (χ0n) is 16.7. The molecule has 11 nitrogen and oxygen atoms in total. The molecule has 166 valence electrons. The third kappa shape index (κ3) is 7.54. The van der Waals surface area contributed by atoms with Gasteiger partial charge >= 0.3 is 0 Å². The van der Waals surface area contributed by atoms with Crippen LogP contribution in [0.3, 0.4) is 0 Å². The first-order valence-corrected chi connectivity index (χ1v) is 9.98. The van der Waals surface area contributed by atoms with Crippen molar-refractivity contribution >= 4 is 30.2 Å². The molecular weight excluding hydrogens is 414 g/mol. The molecule has 0 bridgehead atoms. The second-order valence-corrected chi connectivity index (χ2v) is 7.14. The largest absolute Gasteiger partial charge is 0.483 e. The number of hydrogen-bond donors (Lipinski definition) is 3. The zero-order chi connectivity index (χ0) is 22.2. The highest BCUT2D eigenvalue weighted by atomic mass is 32.1. The van der Waals surface area contributed by atoms with Crippen molar-refractivity contribution in [2.45, 2.75) is 24.9 Å². The van der Waals surface area contributed by atoms with Crippen LogP contribution in [0.1, 0.15) is 17.8 Å². The zero-order valence-corrected chi connectivity index (χ0v) is 17.5. The van der Waals surface area contributed by atoms with E-state index in [0.29, 0.717) is 13.2 Å². The number of thiazole rings is 1. The smallest absolute Gasteiger partial charge is 0.290 e. The molecule has 1 aliphatic heterocycles. The van der Waals surface area contributed by atoms with Gasteiger partial charge in [-0.2, -0.15) is 0 Å². The Kier molecular flexibility index (Phi) is 11.9. The van der Waals surface area contributed by atoms with Gasteiger partial charge in [0, 0.05) is 50.7 Å². The number of amides is 1. The number of imidazole rings is 1. The Morgan fingerprint density at radius 2 is 1.97 bits per heavy atom. The molecule has 1 fully saturated rings. The highest BCUT2D eigenvalue weighted by molar-refractivity contribution is 7.09. The summed E-state index contributed by atoms with van der Waals surface area (Å²) in [5.74, 6) is 0.0476. The van der Waals surface area contributed by atoms with E-state index in [1.165, 1.54) is 0 Å². The second-order valence-electron chi connectivity index (χ2n) is 6.16. The summed E-state index contributed by atoms with van der Waals surface area (Å²) >= 11 is 1.67. The van der Waals surface area contributed by atoms with E-state index in [4.69, 9.17) is 24.5 Å². The summed E-state index contributed by atoms with van der Waals surface area (Å²) in [5.41, 5.74) is -0.566. The lowest BCUT2D eigenvalue weighted by atomic mass is 9.86. The number of ether oxygens (including phenoxy) is 1. The number of likely N-dealkylation sites (tertiary alicyclic amines) is 1. The van der Waals surface area contributed by atoms with Crippen molar-refractivity contribution in [3.63, 3.8) is 0 Å². The molecule has 0 aromatic carbocycles. The van der Waals surface area contributed by atoms with Crippen LogP contribution in [0.5, 0.6) is 0 Å². The third-order valence-corrected chi connectivity index (χ3v) is 5.30. The summed E-state index contributed by atoms with van der Waals surface area (Å²) in [7, 11) is 1.63. The molecule has 0 radical (unpaired) electrons. The van der Waals surface area contributed by atoms with E-state index < -0.39 is 5.54 Å². The molecule has 2 aromatic rings. The quantitative estimate of drug-likeness (QED) is 0.412. The van der Waals surface area contributed by atoms with Crippen LogP contribution in [0.2, 0.25) is 0 Å². The first kappa shape index (κ1) is 25.2. The van der Waals surface area contributed by atoms with E-state index in [2.05, 4.69) is 20.2 Å². The van der Waals surface area contributed by atoms with Crippen LogP contribution in [0.4, 0.5) is 0 Å². The second kappa shape index (κ2) is 14.2. The van der Waals surface area contributed by atoms with Crippen molar-refractivity contribution in [1.29, 1.82) is 0 Å². The number of carbonyl (C=O) groups is 3. The fourth-order valence-corrected chi connectivity index (χ4v) is 3.81. The number of hydrogen-bond acceptors (Lipinski definition) is 8. The number of carboxylic acid groups (broad SMARTS) is 2. The summed E-state index contributed by atoms with van der Waals surface area (Å²) < 4.78 is 6.99. The highest BCUT2D eigenvalue weighted by Crippen LogP contribution is 2.31. The van der Waals surface area contributed by atoms with Crippen LogP contribution in [0, 0.1) is 0 Å². The van der Waals surface area contributed by atoms with E-state index in [0.717, 1.165) is 37.5 Å². The van der Waals surface area contributed by atoms with Crippen molar-refractivity contribution in [3.8, 4) is 0 Å². The van der Waals surface area contributed by atoms with E-state index in [1.807, 2.05) is 22.3 Å². The standard InChI is InChI=1S/C16H23N5O2S.2CH2O2/c1-23-10-5-19-15(22)16(21-9-4-17-13-21)2-7-20(8-3-16)12-14-18-6-11-24-14;2*2-1-3/h4,6,9,11,13H,2-3,5,7-8,10,12H2,1H3,(H,19,22);2*1H,(H,2,3). The fraction of sp³-hybridized carbons (Fsp3) is 0.500. The normalized spacial score (nSPS) is 15.0. The first-order chi connectivity index (χ1) is 14.6. The van der Waals surface area contributed by atoms with Gasteiger partial charge in [-0.15, -0.1) is 11.3 Å². The van der Waals surface area contributed by atoms with Gasteiger partial charge in [0.1, 0.15) is 10.5 Å². The number of aromatic nitrogens is 3. The average Bonchev–Trinajstić information content (AvgIpc) is 3.45. The van der Waals surface area contributed by atoms with Gasteiger partial charge in [-0.1, -0.05) is 0 Å². The number of nitrogens with one attached hydrogen (secondary N) is 1. The minimum atomic E-state index is -0.566. The molecule has 1 saturated heterocycles. The molecule has 12 heteroatoms. The molecular formula is C18H27N5O6S. The van der Waals surface area contributed by atoms with Gasteiger partial charge < -0.3 is 24.8 Å². The van der Waals surface area contributed by atoms with Crippen LogP contribution < -0.4 is 5.32 Å². The van der Waals surface area contributed by atoms with E-state index in [9.17, 15) is 4.79 Å². The van der Waals surface area contributed by atoms with Crippen molar-refractivity contribution in [2.24, 2.45) is 0 Å². The molecule has 3 heterocycles. The first-order valence-electron chi connectivity index (χ1n) is 9.10. The maximum atomic E-state index is 12.9. The summed E-state index contributed by atoms with van der Waals surface area (Å²) in [4.78, 5) is 40.4. The molecule has 0 unspecified atom stereocenters. The lowest BCUT2D eigenvalue weighted by Gasteiger charge is -2.41. The van der Waals surface area contributed by atoms with Gasteiger partial charge in [0.15, 0.2) is 0 Å². The maximum absolute atomic E-state index is 12.9. The van der Waals surface area contributed by atoms with Crippen molar-refractivity contribution in [3.05, 3.63) is 35.3 Å². The molecule has 0 saturated carbocycles. The Morgan fingerprint density at radius 1 is 1.30 bits per heavy atom. The Bertz CT molecular complexity index is 712. The maximum Gasteiger partial charge on any atom is 0.290 e. The number of nitrogens with zero attached hydrogens (tertiary/aromatic N) is 4. The van der Waals surface area contributed by atoms with Gasteiger partial charge in [0.2, 0.25) is 5.91 Å². The van der Waals surface area contributed by atoms with E-state index >= 15 is 0 Å².